The van der Waals surface area contributed by atoms with Crippen LogP contribution in [0.3, 0.4) is 0 Å². The number of anilines is 1. The number of carbonyl (C=O) groups excluding carboxylic acids is 1. The third kappa shape index (κ3) is 3.57. The molecule has 5 heteroatoms. The van der Waals surface area contributed by atoms with Gasteiger partial charge in [-0.1, -0.05) is 18.2 Å². The van der Waals surface area contributed by atoms with Gasteiger partial charge in [-0.25, -0.2) is 4.98 Å². The molecule has 0 saturated heterocycles. The molecule has 2 rings (SSSR count). The minimum Gasteiger partial charge on any atom is -0.399 e. The molecule has 0 radical (unpaired) electrons. The summed E-state index contributed by atoms with van der Waals surface area (Å²) < 4.78 is 0. The van der Waals surface area contributed by atoms with E-state index in [-0.39, 0.29) is 5.91 Å². The molecule has 106 valence electrons. The Labute approximate surface area is 123 Å². The molecular formula is C15H19N3OS. The van der Waals surface area contributed by atoms with Crippen LogP contribution in [0, 0.1) is 0 Å². The number of nitrogens with zero attached hydrogens (tertiary/aromatic N) is 1. The van der Waals surface area contributed by atoms with Crippen molar-refractivity contribution in [1.29, 1.82) is 0 Å². The molecule has 0 saturated carbocycles. The van der Waals surface area contributed by atoms with E-state index < -0.39 is 5.54 Å². The molecule has 0 spiro atoms. The van der Waals surface area contributed by atoms with E-state index in [1.54, 1.807) is 17.5 Å². The van der Waals surface area contributed by atoms with Crippen LogP contribution in [0.25, 0.3) is 0 Å². The van der Waals surface area contributed by atoms with Crippen LogP contribution in [-0.2, 0) is 16.8 Å². The lowest BCUT2D eigenvalue weighted by molar-refractivity contribution is -0.122. The lowest BCUT2D eigenvalue weighted by atomic mass is 10.0. The fourth-order valence-corrected chi connectivity index (χ4v) is 2.72. The van der Waals surface area contributed by atoms with Gasteiger partial charge in [-0.05, 0) is 31.9 Å². The summed E-state index contributed by atoms with van der Waals surface area (Å²) in [5, 5.41) is 5.83. The second-order valence-corrected chi connectivity index (χ2v) is 6.10. The Bertz CT molecular complexity index is 579. The van der Waals surface area contributed by atoms with Crippen molar-refractivity contribution in [1.82, 2.24) is 10.3 Å². The molecule has 4 nitrogen and oxygen atoms in total. The fraction of sp³-hybridized carbons (Fsp3) is 0.333. The van der Waals surface area contributed by atoms with Gasteiger partial charge in [0.05, 0.1) is 5.54 Å². The van der Waals surface area contributed by atoms with Crippen LogP contribution < -0.4 is 11.1 Å². The molecule has 0 unspecified atom stereocenters. The second kappa shape index (κ2) is 6.05. The molecule has 0 aliphatic rings. The van der Waals surface area contributed by atoms with Gasteiger partial charge in [0.2, 0.25) is 5.91 Å². The number of para-hydroxylation sites is 1. The normalized spacial score (nSPS) is 11.3. The quantitative estimate of drug-likeness (QED) is 0.832. The first kappa shape index (κ1) is 14.5. The summed E-state index contributed by atoms with van der Waals surface area (Å²) in [5.41, 5.74) is 7.18. The topological polar surface area (TPSA) is 68.0 Å². The van der Waals surface area contributed by atoms with Gasteiger partial charge in [0.15, 0.2) is 0 Å². The molecule has 3 N–H and O–H groups in total. The number of nitrogens with one attached hydrogen (secondary N) is 1. The van der Waals surface area contributed by atoms with Crippen molar-refractivity contribution in [2.45, 2.75) is 32.2 Å². The van der Waals surface area contributed by atoms with Gasteiger partial charge in [0, 0.05) is 23.7 Å². The molecule has 0 atom stereocenters. The lowest BCUT2D eigenvalue weighted by Crippen LogP contribution is -2.41. The first-order valence-electron chi connectivity index (χ1n) is 6.53. The number of benzene rings is 1. The van der Waals surface area contributed by atoms with Gasteiger partial charge in [0.25, 0.3) is 0 Å². The predicted octanol–water partition coefficient (Wildman–Crippen LogP) is 2.71. The number of rotatable bonds is 5. The largest absolute Gasteiger partial charge is 0.399 e. The van der Waals surface area contributed by atoms with Crippen molar-refractivity contribution in [3.63, 3.8) is 0 Å². The Morgan fingerprint density at radius 3 is 2.80 bits per heavy atom. The zero-order valence-electron chi connectivity index (χ0n) is 11.7. The number of nitrogens with two attached hydrogens (primary N) is 1. The van der Waals surface area contributed by atoms with E-state index in [0.717, 1.165) is 16.3 Å². The van der Waals surface area contributed by atoms with Crippen molar-refractivity contribution in [3.8, 4) is 0 Å². The summed E-state index contributed by atoms with van der Waals surface area (Å²) in [7, 11) is 0. The van der Waals surface area contributed by atoms with Crippen LogP contribution in [-0.4, -0.2) is 10.9 Å². The van der Waals surface area contributed by atoms with Gasteiger partial charge < -0.3 is 11.1 Å². The van der Waals surface area contributed by atoms with E-state index in [0.29, 0.717) is 12.8 Å². The minimum atomic E-state index is -0.437. The molecule has 20 heavy (non-hydrogen) atoms. The first-order valence-corrected chi connectivity index (χ1v) is 7.41. The number of aryl methyl sites for hydroxylation is 1. The van der Waals surface area contributed by atoms with Gasteiger partial charge in [-0.3, -0.25) is 4.79 Å². The molecule has 0 fully saturated rings. The summed E-state index contributed by atoms with van der Waals surface area (Å²) in [6.45, 7) is 3.92. The van der Waals surface area contributed by atoms with E-state index in [4.69, 9.17) is 5.73 Å². The van der Waals surface area contributed by atoms with Gasteiger partial charge in [-0.15, -0.1) is 11.3 Å². The molecule has 2 aromatic rings. The minimum absolute atomic E-state index is 0.00783. The smallest absolute Gasteiger partial charge is 0.221 e. The molecule has 1 aromatic heterocycles. The van der Waals surface area contributed by atoms with E-state index >= 15 is 0 Å². The maximum absolute atomic E-state index is 12.1. The van der Waals surface area contributed by atoms with Crippen LogP contribution in [0.2, 0.25) is 0 Å². The van der Waals surface area contributed by atoms with Gasteiger partial charge in [0.1, 0.15) is 5.01 Å². The van der Waals surface area contributed by atoms with Crippen LogP contribution in [0.1, 0.15) is 30.8 Å². The molecule has 0 aliphatic carbocycles. The van der Waals surface area contributed by atoms with Crippen molar-refractivity contribution >= 4 is 22.9 Å². The molecule has 1 amide bonds. The number of thiazole rings is 1. The van der Waals surface area contributed by atoms with Gasteiger partial charge >= 0.3 is 0 Å². The Kier molecular flexibility index (Phi) is 4.39. The third-order valence-electron chi connectivity index (χ3n) is 3.10. The molecule has 1 heterocycles. The summed E-state index contributed by atoms with van der Waals surface area (Å²) in [6.07, 6.45) is 2.81. The number of amides is 1. The monoisotopic (exact) mass is 289 g/mol. The van der Waals surface area contributed by atoms with E-state index in [1.165, 1.54) is 0 Å². The van der Waals surface area contributed by atoms with Crippen molar-refractivity contribution in [2.24, 2.45) is 0 Å². The summed E-state index contributed by atoms with van der Waals surface area (Å²) >= 11 is 1.54. The highest BCUT2D eigenvalue weighted by atomic mass is 32.1. The highest BCUT2D eigenvalue weighted by Gasteiger charge is 2.25. The van der Waals surface area contributed by atoms with Crippen LogP contribution in [0.5, 0.6) is 0 Å². The summed E-state index contributed by atoms with van der Waals surface area (Å²) in [4.78, 5) is 16.3. The molecule has 0 aliphatic heterocycles. The van der Waals surface area contributed by atoms with Crippen LogP contribution >= 0.6 is 11.3 Å². The number of hydrogen-bond acceptors (Lipinski definition) is 4. The number of aromatic nitrogens is 1. The number of nitrogen functional groups attached to an aromatic ring is 1. The van der Waals surface area contributed by atoms with Crippen molar-refractivity contribution in [3.05, 3.63) is 46.4 Å². The van der Waals surface area contributed by atoms with E-state index in [9.17, 15) is 4.79 Å². The van der Waals surface area contributed by atoms with Crippen molar-refractivity contribution < 1.29 is 4.79 Å². The standard InChI is InChI=1S/C15H19N3OS/c1-15(2,14-17-9-10-20-14)18-13(19)8-7-11-5-3-4-6-12(11)16/h3-6,9-10H,7-8,16H2,1-2H3,(H,18,19). The highest BCUT2D eigenvalue weighted by molar-refractivity contribution is 7.09. The highest BCUT2D eigenvalue weighted by Crippen LogP contribution is 2.22. The SMILES string of the molecule is CC(C)(NC(=O)CCc1ccccc1N)c1nccs1. The average Bonchev–Trinajstić information content (AvgIpc) is 2.92. The van der Waals surface area contributed by atoms with Gasteiger partial charge in [-0.2, -0.15) is 0 Å². The zero-order valence-corrected chi connectivity index (χ0v) is 12.5. The van der Waals surface area contributed by atoms with Crippen LogP contribution in [0.15, 0.2) is 35.8 Å². The molecule has 0 bridgehead atoms. The summed E-state index contributed by atoms with van der Waals surface area (Å²) in [5.74, 6) is 0.00783. The average molecular weight is 289 g/mol. The van der Waals surface area contributed by atoms with E-state index in [2.05, 4.69) is 10.3 Å². The maximum atomic E-state index is 12.1. The zero-order chi connectivity index (χ0) is 14.6. The molecular weight excluding hydrogens is 270 g/mol. The Morgan fingerprint density at radius 2 is 2.15 bits per heavy atom. The van der Waals surface area contributed by atoms with Crippen molar-refractivity contribution in [2.75, 3.05) is 5.73 Å². The van der Waals surface area contributed by atoms with Crippen LogP contribution in [0.4, 0.5) is 5.69 Å². The second-order valence-electron chi connectivity index (χ2n) is 5.21. The number of hydrogen-bond donors (Lipinski definition) is 2. The summed E-state index contributed by atoms with van der Waals surface area (Å²) in [6, 6.07) is 7.63. The molecule has 1 aromatic carbocycles. The first-order chi connectivity index (χ1) is 9.49. The number of carbonyl (C=O) groups is 1. The van der Waals surface area contributed by atoms with E-state index in [1.807, 2.05) is 43.5 Å². The Morgan fingerprint density at radius 1 is 1.40 bits per heavy atom. The lowest BCUT2D eigenvalue weighted by Gasteiger charge is -2.23. The maximum Gasteiger partial charge on any atom is 0.221 e. The predicted molar refractivity (Wildman–Crippen MR) is 82.5 cm³/mol. The fourth-order valence-electron chi connectivity index (χ4n) is 2.01. The third-order valence-corrected chi connectivity index (χ3v) is 4.19. The Balaban J connectivity index is 1.92. The Hall–Kier alpha value is -1.88.